The SMILES string of the molecule is CC(C)NCCC(=O)c1c(Br)cnn1C(C)C. The van der Waals surface area contributed by atoms with Gasteiger partial charge in [0.2, 0.25) is 0 Å². The highest BCUT2D eigenvalue weighted by Crippen LogP contribution is 2.20. The predicted molar refractivity (Wildman–Crippen MR) is 72.4 cm³/mol. The maximum atomic E-state index is 12.1. The van der Waals surface area contributed by atoms with E-state index in [9.17, 15) is 4.79 Å². The van der Waals surface area contributed by atoms with Gasteiger partial charge in [-0.1, -0.05) is 13.8 Å². The third-order valence-electron chi connectivity index (χ3n) is 2.41. The van der Waals surface area contributed by atoms with E-state index in [1.807, 2.05) is 13.8 Å². The Kier molecular flexibility index (Phi) is 5.33. The number of rotatable bonds is 6. The molecule has 17 heavy (non-hydrogen) atoms. The molecule has 0 bridgehead atoms. The molecule has 1 rings (SSSR count). The van der Waals surface area contributed by atoms with Gasteiger partial charge in [0.05, 0.1) is 10.7 Å². The maximum absolute atomic E-state index is 12.1. The van der Waals surface area contributed by atoms with Crippen LogP contribution in [0.5, 0.6) is 0 Å². The molecule has 0 spiro atoms. The molecule has 96 valence electrons. The van der Waals surface area contributed by atoms with E-state index < -0.39 is 0 Å². The molecule has 0 saturated carbocycles. The van der Waals surface area contributed by atoms with Gasteiger partial charge in [0.15, 0.2) is 5.78 Å². The van der Waals surface area contributed by atoms with Crippen molar-refractivity contribution < 1.29 is 4.79 Å². The summed E-state index contributed by atoms with van der Waals surface area (Å²) in [4.78, 5) is 12.1. The second kappa shape index (κ2) is 6.31. The monoisotopic (exact) mass is 301 g/mol. The number of halogens is 1. The Balaban J connectivity index is 2.71. The molecule has 1 aromatic heterocycles. The van der Waals surface area contributed by atoms with Gasteiger partial charge in [0.1, 0.15) is 5.69 Å². The van der Waals surface area contributed by atoms with Gasteiger partial charge >= 0.3 is 0 Å². The van der Waals surface area contributed by atoms with Crippen molar-refractivity contribution in [2.75, 3.05) is 6.54 Å². The number of nitrogens with one attached hydrogen (secondary N) is 1. The first-order valence-electron chi connectivity index (χ1n) is 5.93. The van der Waals surface area contributed by atoms with Crippen molar-refractivity contribution >= 4 is 21.7 Å². The van der Waals surface area contributed by atoms with Crippen molar-refractivity contribution in [3.05, 3.63) is 16.4 Å². The summed E-state index contributed by atoms with van der Waals surface area (Å²) in [6.07, 6.45) is 2.18. The lowest BCUT2D eigenvalue weighted by Crippen LogP contribution is -2.26. The van der Waals surface area contributed by atoms with E-state index in [1.165, 1.54) is 0 Å². The summed E-state index contributed by atoms with van der Waals surface area (Å²) in [6, 6.07) is 0.597. The Morgan fingerprint density at radius 1 is 1.47 bits per heavy atom. The van der Waals surface area contributed by atoms with Gasteiger partial charge in [0.25, 0.3) is 0 Å². The van der Waals surface area contributed by atoms with Crippen LogP contribution in [-0.2, 0) is 0 Å². The van der Waals surface area contributed by atoms with Gasteiger partial charge in [-0.05, 0) is 29.8 Å². The number of ketones is 1. The quantitative estimate of drug-likeness (QED) is 0.822. The molecule has 0 atom stereocenters. The third-order valence-corrected chi connectivity index (χ3v) is 2.99. The molecule has 4 nitrogen and oxygen atoms in total. The van der Waals surface area contributed by atoms with Crippen LogP contribution in [0.25, 0.3) is 0 Å². The molecule has 0 aliphatic carbocycles. The third kappa shape index (κ3) is 3.92. The molecule has 0 amide bonds. The normalized spacial score (nSPS) is 11.5. The van der Waals surface area contributed by atoms with E-state index in [1.54, 1.807) is 10.9 Å². The summed E-state index contributed by atoms with van der Waals surface area (Å²) in [6.45, 7) is 8.87. The average Bonchev–Trinajstić information content (AvgIpc) is 2.59. The average molecular weight is 302 g/mol. The number of carbonyl (C=O) groups is 1. The highest BCUT2D eigenvalue weighted by atomic mass is 79.9. The van der Waals surface area contributed by atoms with Crippen LogP contribution >= 0.6 is 15.9 Å². The molecule has 1 N–H and O–H groups in total. The van der Waals surface area contributed by atoms with E-state index in [4.69, 9.17) is 0 Å². The second-order valence-corrected chi connectivity index (χ2v) is 5.52. The highest BCUT2D eigenvalue weighted by molar-refractivity contribution is 9.10. The van der Waals surface area contributed by atoms with Crippen molar-refractivity contribution in [2.45, 2.75) is 46.2 Å². The summed E-state index contributed by atoms with van der Waals surface area (Å²) < 4.78 is 2.54. The van der Waals surface area contributed by atoms with Crippen LogP contribution in [0.15, 0.2) is 10.7 Å². The molecule has 5 heteroatoms. The highest BCUT2D eigenvalue weighted by Gasteiger charge is 2.18. The Morgan fingerprint density at radius 2 is 2.12 bits per heavy atom. The fraction of sp³-hybridized carbons (Fsp3) is 0.667. The molecule has 0 aliphatic heterocycles. The number of hydrogen-bond acceptors (Lipinski definition) is 3. The predicted octanol–water partition coefficient (Wildman–Crippen LogP) is 2.80. The molecule has 0 saturated heterocycles. The Bertz CT molecular complexity index is 385. The number of carbonyl (C=O) groups excluding carboxylic acids is 1. The molecule has 0 aromatic carbocycles. The minimum absolute atomic E-state index is 0.122. The van der Waals surface area contributed by atoms with Crippen LogP contribution in [0.1, 0.15) is 50.6 Å². The second-order valence-electron chi connectivity index (χ2n) is 4.66. The number of aromatic nitrogens is 2. The largest absolute Gasteiger partial charge is 0.314 e. The Morgan fingerprint density at radius 3 is 2.65 bits per heavy atom. The van der Waals surface area contributed by atoms with E-state index in [0.29, 0.717) is 24.7 Å². The van der Waals surface area contributed by atoms with Crippen LogP contribution in [0.3, 0.4) is 0 Å². The summed E-state index contributed by atoms with van der Waals surface area (Å²) in [5, 5.41) is 7.45. The van der Waals surface area contributed by atoms with Crippen molar-refractivity contribution in [1.82, 2.24) is 15.1 Å². The van der Waals surface area contributed by atoms with Crippen molar-refractivity contribution in [1.29, 1.82) is 0 Å². The minimum atomic E-state index is 0.122. The van der Waals surface area contributed by atoms with Crippen LogP contribution < -0.4 is 5.32 Å². The standard InChI is InChI=1S/C12H20BrN3O/c1-8(2)14-6-5-11(17)12-10(13)7-15-16(12)9(3)4/h7-9,14H,5-6H2,1-4H3. The van der Waals surface area contributed by atoms with Gasteiger partial charge in [-0.2, -0.15) is 5.10 Å². The lowest BCUT2D eigenvalue weighted by atomic mass is 10.2. The van der Waals surface area contributed by atoms with E-state index in [2.05, 4.69) is 40.2 Å². The maximum Gasteiger partial charge on any atom is 0.183 e. The van der Waals surface area contributed by atoms with Gasteiger partial charge in [-0.25, -0.2) is 0 Å². The topological polar surface area (TPSA) is 46.9 Å². The van der Waals surface area contributed by atoms with Gasteiger partial charge in [-0.3, -0.25) is 9.48 Å². The fourth-order valence-corrected chi connectivity index (χ4v) is 2.08. The van der Waals surface area contributed by atoms with Crippen LogP contribution in [-0.4, -0.2) is 28.2 Å². The first-order valence-corrected chi connectivity index (χ1v) is 6.72. The molecule has 0 fully saturated rings. The first kappa shape index (κ1) is 14.4. The van der Waals surface area contributed by atoms with E-state index in [-0.39, 0.29) is 11.8 Å². The zero-order valence-corrected chi connectivity index (χ0v) is 12.4. The van der Waals surface area contributed by atoms with Crippen molar-refractivity contribution in [3.8, 4) is 0 Å². The Hall–Kier alpha value is -0.680. The smallest absolute Gasteiger partial charge is 0.183 e. The molecule has 0 radical (unpaired) electrons. The van der Waals surface area contributed by atoms with Crippen LogP contribution in [0.2, 0.25) is 0 Å². The summed E-state index contributed by atoms with van der Waals surface area (Å²) in [5.41, 5.74) is 0.672. The molecular weight excluding hydrogens is 282 g/mol. The zero-order valence-electron chi connectivity index (χ0n) is 10.8. The summed E-state index contributed by atoms with van der Waals surface area (Å²) in [5.74, 6) is 0.122. The Labute approximate surface area is 111 Å². The van der Waals surface area contributed by atoms with Crippen LogP contribution in [0, 0.1) is 0 Å². The van der Waals surface area contributed by atoms with Gasteiger partial charge in [-0.15, -0.1) is 0 Å². The number of hydrogen-bond donors (Lipinski definition) is 1. The summed E-state index contributed by atoms with van der Waals surface area (Å²) >= 11 is 3.38. The van der Waals surface area contributed by atoms with E-state index in [0.717, 1.165) is 4.47 Å². The molecule has 0 unspecified atom stereocenters. The fourth-order valence-electron chi connectivity index (χ4n) is 1.59. The lowest BCUT2D eigenvalue weighted by Gasteiger charge is -2.11. The van der Waals surface area contributed by atoms with Crippen LogP contribution in [0.4, 0.5) is 0 Å². The molecule has 1 heterocycles. The minimum Gasteiger partial charge on any atom is -0.314 e. The zero-order chi connectivity index (χ0) is 13.0. The number of nitrogens with zero attached hydrogens (tertiary/aromatic N) is 2. The summed E-state index contributed by atoms with van der Waals surface area (Å²) in [7, 11) is 0. The molecule has 0 aliphatic rings. The molecular formula is C12H20BrN3O. The van der Waals surface area contributed by atoms with Gasteiger partial charge < -0.3 is 5.32 Å². The number of Topliss-reactive ketones (excluding diaryl/α,β-unsaturated/α-hetero) is 1. The van der Waals surface area contributed by atoms with E-state index >= 15 is 0 Å². The van der Waals surface area contributed by atoms with Crippen molar-refractivity contribution in [3.63, 3.8) is 0 Å². The van der Waals surface area contributed by atoms with Gasteiger partial charge in [0, 0.05) is 25.0 Å². The first-order chi connectivity index (χ1) is 7.93. The lowest BCUT2D eigenvalue weighted by molar-refractivity contribution is 0.0969. The van der Waals surface area contributed by atoms with Crippen molar-refractivity contribution in [2.24, 2.45) is 0 Å². The molecule has 1 aromatic rings.